The van der Waals surface area contributed by atoms with Gasteiger partial charge in [0.2, 0.25) is 0 Å². The fraction of sp³-hybridized carbons (Fsp3) is 0.500. The second-order valence-corrected chi connectivity index (χ2v) is 3.55. The van der Waals surface area contributed by atoms with Crippen molar-refractivity contribution >= 4 is 0 Å². The molecule has 15 heavy (non-hydrogen) atoms. The third-order valence-electron chi connectivity index (χ3n) is 2.52. The molecule has 0 aliphatic heterocycles. The molecule has 0 heterocycles. The van der Waals surface area contributed by atoms with E-state index < -0.39 is 0 Å². The van der Waals surface area contributed by atoms with E-state index in [1.807, 2.05) is 19.1 Å². The van der Waals surface area contributed by atoms with Crippen LogP contribution in [0.5, 0.6) is 11.5 Å². The molecule has 1 aromatic carbocycles. The third-order valence-corrected chi connectivity index (χ3v) is 2.52. The fourth-order valence-corrected chi connectivity index (χ4v) is 1.67. The number of rotatable bonds is 4. The van der Waals surface area contributed by atoms with Crippen LogP contribution in [0.15, 0.2) is 12.1 Å². The van der Waals surface area contributed by atoms with Crippen LogP contribution in [0.25, 0.3) is 0 Å². The zero-order valence-corrected chi connectivity index (χ0v) is 9.83. The van der Waals surface area contributed by atoms with Crippen molar-refractivity contribution in [3.8, 4) is 11.5 Å². The van der Waals surface area contributed by atoms with Crippen LogP contribution < -0.4 is 15.2 Å². The number of methoxy groups -OCH3 is 2. The Bertz CT molecular complexity index is 335. The number of benzene rings is 1. The van der Waals surface area contributed by atoms with Gasteiger partial charge in [-0.25, -0.2) is 0 Å². The lowest BCUT2D eigenvalue weighted by molar-refractivity contribution is 0.354. The summed E-state index contributed by atoms with van der Waals surface area (Å²) in [4.78, 5) is 0. The quantitative estimate of drug-likeness (QED) is 0.827. The average Bonchev–Trinajstić information content (AvgIpc) is 2.26. The summed E-state index contributed by atoms with van der Waals surface area (Å²) in [5.74, 6) is 1.50. The summed E-state index contributed by atoms with van der Waals surface area (Å²) in [6, 6.07) is 3.97. The van der Waals surface area contributed by atoms with Gasteiger partial charge in [0.1, 0.15) is 0 Å². The van der Waals surface area contributed by atoms with Gasteiger partial charge in [0, 0.05) is 6.04 Å². The Morgan fingerprint density at radius 1 is 1.20 bits per heavy atom. The molecule has 0 fully saturated rings. The molecule has 0 saturated carbocycles. The van der Waals surface area contributed by atoms with Gasteiger partial charge in [-0.15, -0.1) is 0 Å². The molecule has 1 aromatic rings. The molecular weight excluding hydrogens is 190 g/mol. The van der Waals surface area contributed by atoms with Crippen molar-refractivity contribution in [2.24, 2.45) is 5.73 Å². The molecule has 0 aromatic heterocycles. The van der Waals surface area contributed by atoms with Crippen molar-refractivity contribution in [3.05, 3.63) is 23.3 Å². The van der Waals surface area contributed by atoms with E-state index in [2.05, 4.69) is 6.92 Å². The number of aryl methyl sites for hydroxylation is 1. The van der Waals surface area contributed by atoms with Crippen LogP contribution in [0.2, 0.25) is 0 Å². The van der Waals surface area contributed by atoms with Crippen molar-refractivity contribution in [2.45, 2.75) is 26.3 Å². The maximum atomic E-state index is 5.91. The topological polar surface area (TPSA) is 44.5 Å². The van der Waals surface area contributed by atoms with Gasteiger partial charge in [-0.1, -0.05) is 6.92 Å². The molecule has 3 nitrogen and oxygen atoms in total. The minimum Gasteiger partial charge on any atom is -0.493 e. The predicted octanol–water partition coefficient (Wildman–Crippen LogP) is 2.29. The number of hydrogen-bond acceptors (Lipinski definition) is 3. The van der Waals surface area contributed by atoms with Gasteiger partial charge < -0.3 is 15.2 Å². The highest BCUT2D eigenvalue weighted by Gasteiger charge is 2.12. The number of nitrogens with two attached hydrogens (primary N) is 1. The lowest BCUT2D eigenvalue weighted by atomic mass is 9.99. The van der Waals surface area contributed by atoms with E-state index in [0.29, 0.717) is 0 Å². The normalized spacial score (nSPS) is 12.3. The minimum absolute atomic E-state index is 0.0137. The SMILES string of the molecule is CCc1cc(OC)c(OC)cc1C(C)N. The Balaban J connectivity index is 3.27. The highest BCUT2D eigenvalue weighted by Crippen LogP contribution is 2.32. The Hall–Kier alpha value is -1.22. The van der Waals surface area contributed by atoms with Crippen LogP contribution in [0, 0.1) is 0 Å². The highest BCUT2D eigenvalue weighted by molar-refractivity contribution is 5.48. The van der Waals surface area contributed by atoms with Gasteiger partial charge in [0.25, 0.3) is 0 Å². The van der Waals surface area contributed by atoms with Gasteiger partial charge in [0.15, 0.2) is 11.5 Å². The average molecular weight is 209 g/mol. The van der Waals surface area contributed by atoms with E-state index in [1.165, 1.54) is 5.56 Å². The molecule has 84 valence electrons. The smallest absolute Gasteiger partial charge is 0.161 e. The second kappa shape index (κ2) is 5.03. The van der Waals surface area contributed by atoms with E-state index in [0.717, 1.165) is 23.5 Å². The molecular formula is C12H19NO2. The first-order valence-corrected chi connectivity index (χ1v) is 5.14. The van der Waals surface area contributed by atoms with Crippen LogP contribution in [0.3, 0.4) is 0 Å². The number of ether oxygens (including phenoxy) is 2. The molecule has 0 saturated heterocycles. The van der Waals surface area contributed by atoms with Crippen molar-refractivity contribution in [1.82, 2.24) is 0 Å². The maximum absolute atomic E-state index is 5.91. The Kier molecular flexibility index (Phi) is 3.97. The van der Waals surface area contributed by atoms with Crippen molar-refractivity contribution in [3.63, 3.8) is 0 Å². The molecule has 0 spiro atoms. The lowest BCUT2D eigenvalue weighted by Gasteiger charge is -2.16. The molecule has 3 heteroatoms. The molecule has 0 amide bonds. The maximum Gasteiger partial charge on any atom is 0.161 e. The Morgan fingerprint density at radius 3 is 2.13 bits per heavy atom. The first kappa shape index (κ1) is 11.9. The highest BCUT2D eigenvalue weighted by atomic mass is 16.5. The van der Waals surface area contributed by atoms with Gasteiger partial charge in [-0.05, 0) is 36.6 Å². The summed E-state index contributed by atoms with van der Waals surface area (Å²) in [6.07, 6.45) is 0.942. The van der Waals surface area contributed by atoms with Crippen LogP contribution in [-0.2, 0) is 6.42 Å². The molecule has 0 radical (unpaired) electrons. The number of hydrogen-bond donors (Lipinski definition) is 1. The zero-order chi connectivity index (χ0) is 11.4. The Labute approximate surface area is 91.2 Å². The zero-order valence-electron chi connectivity index (χ0n) is 9.83. The molecule has 1 rings (SSSR count). The van der Waals surface area contributed by atoms with Crippen molar-refractivity contribution in [2.75, 3.05) is 14.2 Å². The molecule has 1 atom stereocenters. The summed E-state index contributed by atoms with van der Waals surface area (Å²) in [5, 5.41) is 0. The summed E-state index contributed by atoms with van der Waals surface area (Å²) in [6.45, 7) is 4.08. The summed E-state index contributed by atoms with van der Waals surface area (Å²) in [5.41, 5.74) is 8.24. The standard InChI is InChI=1S/C12H19NO2/c1-5-9-6-11(14-3)12(15-4)7-10(9)8(2)13/h6-8H,5,13H2,1-4H3. The van der Waals surface area contributed by atoms with Crippen LogP contribution >= 0.6 is 0 Å². The second-order valence-electron chi connectivity index (χ2n) is 3.55. The largest absolute Gasteiger partial charge is 0.493 e. The summed E-state index contributed by atoms with van der Waals surface area (Å²) < 4.78 is 10.5. The monoisotopic (exact) mass is 209 g/mol. The van der Waals surface area contributed by atoms with Crippen LogP contribution in [-0.4, -0.2) is 14.2 Å². The van der Waals surface area contributed by atoms with Crippen LogP contribution in [0.1, 0.15) is 31.0 Å². The molecule has 0 bridgehead atoms. The molecule has 0 aliphatic carbocycles. The first-order chi connectivity index (χ1) is 7.13. The van der Waals surface area contributed by atoms with E-state index in [4.69, 9.17) is 15.2 Å². The molecule has 0 aliphatic rings. The van der Waals surface area contributed by atoms with Gasteiger partial charge in [-0.2, -0.15) is 0 Å². The van der Waals surface area contributed by atoms with E-state index in [9.17, 15) is 0 Å². The predicted molar refractivity (Wildman–Crippen MR) is 61.5 cm³/mol. The van der Waals surface area contributed by atoms with Crippen molar-refractivity contribution in [1.29, 1.82) is 0 Å². The molecule has 2 N–H and O–H groups in total. The Morgan fingerprint density at radius 2 is 1.73 bits per heavy atom. The van der Waals surface area contributed by atoms with E-state index in [-0.39, 0.29) is 6.04 Å². The fourth-order valence-electron chi connectivity index (χ4n) is 1.67. The van der Waals surface area contributed by atoms with Crippen molar-refractivity contribution < 1.29 is 9.47 Å². The van der Waals surface area contributed by atoms with Crippen LogP contribution in [0.4, 0.5) is 0 Å². The van der Waals surface area contributed by atoms with E-state index >= 15 is 0 Å². The first-order valence-electron chi connectivity index (χ1n) is 5.14. The third kappa shape index (κ3) is 2.42. The van der Waals surface area contributed by atoms with Gasteiger partial charge in [-0.3, -0.25) is 0 Å². The molecule has 1 unspecified atom stereocenters. The summed E-state index contributed by atoms with van der Waals surface area (Å²) in [7, 11) is 3.28. The van der Waals surface area contributed by atoms with E-state index in [1.54, 1.807) is 14.2 Å². The summed E-state index contributed by atoms with van der Waals surface area (Å²) >= 11 is 0. The van der Waals surface area contributed by atoms with Gasteiger partial charge in [0.05, 0.1) is 14.2 Å². The lowest BCUT2D eigenvalue weighted by Crippen LogP contribution is -2.09. The minimum atomic E-state index is 0.0137. The van der Waals surface area contributed by atoms with Gasteiger partial charge >= 0.3 is 0 Å².